The molecule has 1 saturated heterocycles. The molecule has 2 heterocycles. The van der Waals surface area contributed by atoms with Gasteiger partial charge in [0.1, 0.15) is 5.82 Å². The second-order valence-corrected chi connectivity index (χ2v) is 6.91. The molecule has 0 aromatic carbocycles. The number of nitrogens with zero attached hydrogens (tertiary/aromatic N) is 3. The van der Waals surface area contributed by atoms with Crippen molar-refractivity contribution < 1.29 is 4.79 Å². The van der Waals surface area contributed by atoms with Crippen LogP contribution in [0.3, 0.4) is 0 Å². The fourth-order valence-electron chi connectivity index (χ4n) is 3.81. The zero-order valence-corrected chi connectivity index (χ0v) is 16.8. The molecule has 2 aliphatic rings. The first kappa shape index (κ1) is 23.0. The number of pyridine rings is 1. The molecule has 1 aromatic heterocycles. The summed E-state index contributed by atoms with van der Waals surface area (Å²) in [5, 5.41) is 3.22. The lowest BCUT2D eigenvalue weighted by Crippen LogP contribution is -2.52. The van der Waals surface area contributed by atoms with Gasteiger partial charge in [0.2, 0.25) is 5.91 Å². The van der Waals surface area contributed by atoms with Crippen LogP contribution >= 0.6 is 24.8 Å². The molecule has 3 rings (SSSR count). The summed E-state index contributed by atoms with van der Waals surface area (Å²) in [5.74, 6) is 1.62. The minimum atomic E-state index is 0. The molecule has 6 nitrogen and oxygen atoms in total. The van der Waals surface area contributed by atoms with Gasteiger partial charge in [0.15, 0.2) is 0 Å². The Morgan fingerprint density at radius 2 is 1.88 bits per heavy atom. The van der Waals surface area contributed by atoms with Crippen LogP contribution in [0.15, 0.2) is 24.4 Å². The van der Waals surface area contributed by atoms with Crippen molar-refractivity contribution in [1.29, 1.82) is 0 Å². The van der Waals surface area contributed by atoms with Gasteiger partial charge >= 0.3 is 0 Å². The Labute approximate surface area is 168 Å². The monoisotopic (exact) mass is 403 g/mol. The second kappa shape index (κ2) is 11.6. The topological polar surface area (TPSA) is 74.5 Å². The maximum atomic E-state index is 12.4. The molecule has 2 fully saturated rings. The SMILES string of the molecule is Cl.Cl.NCC1CCCCC1NC(=O)CN1CCN(c2ccccn2)CC1. The normalized spacial score (nSPS) is 23.5. The Morgan fingerprint density at radius 3 is 2.54 bits per heavy atom. The number of halogens is 2. The van der Waals surface area contributed by atoms with Gasteiger partial charge in [-0.25, -0.2) is 4.98 Å². The molecule has 148 valence electrons. The lowest BCUT2D eigenvalue weighted by molar-refractivity contribution is -0.123. The maximum absolute atomic E-state index is 12.4. The quantitative estimate of drug-likeness (QED) is 0.781. The third-order valence-corrected chi connectivity index (χ3v) is 5.27. The summed E-state index contributed by atoms with van der Waals surface area (Å²) in [5.41, 5.74) is 5.85. The molecule has 2 unspecified atom stereocenters. The summed E-state index contributed by atoms with van der Waals surface area (Å²) < 4.78 is 0. The molecule has 0 spiro atoms. The van der Waals surface area contributed by atoms with E-state index in [0.717, 1.165) is 44.8 Å². The zero-order chi connectivity index (χ0) is 16.8. The van der Waals surface area contributed by atoms with Crippen molar-refractivity contribution in [2.24, 2.45) is 11.7 Å². The average Bonchev–Trinajstić information content (AvgIpc) is 2.63. The van der Waals surface area contributed by atoms with Crippen LogP contribution < -0.4 is 16.0 Å². The number of carbonyl (C=O) groups excluding carboxylic acids is 1. The maximum Gasteiger partial charge on any atom is 0.234 e. The summed E-state index contributed by atoms with van der Waals surface area (Å²) >= 11 is 0. The number of hydrogen-bond acceptors (Lipinski definition) is 5. The summed E-state index contributed by atoms with van der Waals surface area (Å²) in [7, 11) is 0. The van der Waals surface area contributed by atoms with Crippen molar-refractivity contribution in [2.45, 2.75) is 31.7 Å². The van der Waals surface area contributed by atoms with Crippen LogP contribution in [0.2, 0.25) is 0 Å². The fraction of sp³-hybridized carbons (Fsp3) is 0.667. The molecule has 26 heavy (non-hydrogen) atoms. The largest absolute Gasteiger partial charge is 0.354 e. The van der Waals surface area contributed by atoms with E-state index in [4.69, 9.17) is 5.73 Å². The molecule has 1 aliphatic heterocycles. The fourth-order valence-corrected chi connectivity index (χ4v) is 3.81. The third-order valence-electron chi connectivity index (χ3n) is 5.27. The molecule has 3 N–H and O–H groups in total. The highest BCUT2D eigenvalue weighted by Crippen LogP contribution is 2.23. The van der Waals surface area contributed by atoms with Crippen LogP contribution in [0.4, 0.5) is 5.82 Å². The number of hydrogen-bond donors (Lipinski definition) is 2. The van der Waals surface area contributed by atoms with Gasteiger partial charge in [0.25, 0.3) is 0 Å². The Bertz CT molecular complexity index is 526. The predicted octanol–water partition coefficient (Wildman–Crippen LogP) is 1.68. The molecule has 1 amide bonds. The molecule has 8 heteroatoms. The second-order valence-electron chi connectivity index (χ2n) is 6.91. The van der Waals surface area contributed by atoms with Gasteiger partial charge in [0.05, 0.1) is 6.54 Å². The first-order valence-electron chi connectivity index (χ1n) is 9.14. The highest BCUT2D eigenvalue weighted by atomic mass is 35.5. The van der Waals surface area contributed by atoms with Gasteiger partial charge in [0, 0.05) is 38.4 Å². The minimum Gasteiger partial charge on any atom is -0.354 e. The zero-order valence-electron chi connectivity index (χ0n) is 15.2. The Kier molecular flexibility index (Phi) is 10.2. The van der Waals surface area contributed by atoms with Crippen molar-refractivity contribution >= 4 is 36.5 Å². The van der Waals surface area contributed by atoms with E-state index in [1.807, 2.05) is 24.4 Å². The third kappa shape index (κ3) is 6.27. The van der Waals surface area contributed by atoms with E-state index in [1.54, 1.807) is 0 Å². The summed E-state index contributed by atoms with van der Waals surface area (Å²) in [4.78, 5) is 21.3. The molecule has 1 saturated carbocycles. The average molecular weight is 404 g/mol. The smallest absolute Gasteiger partial charge is 0.234 e. The lowest BCUT2D eigenvalue weighted by atomic mass is 9.84. The Balaban J connectivity index is 0.00000169. The lowest BCUT2D eigenvalue weighted by Gasteiger charge is -2.36. The van der Waals surface area contributed by atoms with E-state index in [9.17, 15) is 4.79 Å². The number of nitrogens with two attached hydrogens (primary N) is 1. The number of amides is 1. The number of aromatic nitrogens is 1. The number of piperazine rings is 1. The van der Waals surface area contributed by atoms with E-state index < -0.39 is 0 Å². The highest BCUT2D eigenvalue weighted by Gasteiger charge is 2.26. The summed E-state index contributed by atoms with van der Waals surface area (Å²) in [6, 6.07) is 6.26. The highest BCUT2D eigenvalue weighted by molar-refractivity contribution is 5.85. The predicted molar refractivity (Wildman–Crippen MR) is 110 cm³/mol. The summed E-state index contributed by atoms with van der Waals surface area (Å²) in [6.07, 6.45) is 6.48. The van der Waals surface area contributed by atoms with Gasteiger partial charge in [-0.1, -0.05) is 18.9 Å². The molecule has 1 aromatic rings. The Hall–Kier alpha value is -1.08. The van der Waals surface area contributed by atoms with E-state index in [0.29, 0.717) is 19.0 Å². The van der Waals surface area contributed by atoms with Gasteiger partial charge in [-0.15, -0.1) is 24.8 Å². The molecular weight excluding hydrogens is 373 g/mol. The van der Waals surface area contributed by atoms with Crippen LogP contribution in [0, 0.1) is 5.92 Å². The van der Waals surface area contributed by atoms with Crippen LogP contribution in [0.1, 0.15) is 25.7 Å². The van der Waals surface area contributed by atoms with Gasteiger partial charge in [-0.3, -0.25) is 9.69 Å². The minimum absolute atomic E-state index is 0. The molecule has 2 atom stereocenters. The van der Waals surface area contributed by atoms with Crippen molar-refractivity contribution in [3.8, 4) is 0 Å². The van der Waals surface area contributed by atoms with E-state index in [1.165, 1.54) is 12.8 Å². The van der Waals surface area contributed by atoms with Crippen molar-refractivity contribution in [2.75, 3.05) is 44.2 Å². The first-order chi connectivity index (χ1) is 11.8. The van der Waals surface area contributed by atoms with Crippen molar-refractivity contribution in [1.82, 2.24) is 15.2 Å². The van der Waals surface area contributed by atoms with E-state index in [-0.39, 0.29) is 36.8 Å². The Morgan fingerprint density at radius 1 is 1.15 bits per heavy atom. The number of carbonyl (C=O) groups is 1. The van der Waals surface area contributed by atoms with Crippen molar-refractivity contribution in [3.63, 3.8) is 0 Å². The van der Waals surface area contributed by atoms with Crippen LogP contribution in [0.5, 0.6) is 0 Å². The number of anilines is 1. The van der Waals surface area contributed by atoms with Gasteiger partial charge < -0.3 is 16.0 Å². The standard InChI is InChI=1S/C18H29N5O.2ClH/c19-13-15-5-1-2-6-16(15)21-18(24)14-22-9-11-23(12-10-22)17-7-3-4-8-20-17;;/h3-4,7-8,15-16H,1-2,5-6,9-14,19H2,(H,21,24);2*1H. The van der Waals surface area contributed by atoms with Crippen LogP contribution in [0.25, 0.3) is 0 Å². The van der Waals surface area contributed by atoms with Crippen molar-refractivity contribution in [3.05, 3.63) is 24.4 Å². The molecular formula is C18H31Cl2N5O. The first-order valence-corrected chi connectivity index (χ1v) is 9.14. The molecule has 0 bridgehead atoms. The summed E-state index contributed by atoms with van der Waals surface area (Å²) in [6.45, 7) is 4.79. The molecule has 1 aliphatic carbocycles. The number of nitrogens with one attached hydrogen (secondary N) is 1. The van der Waals surface area contributed by atoms with Gasteiger partial charge in [-0.05, 0) is 37.4 Å². The molecule has 0 radical (unpaired) electrons. The van der Waals surface area contributed by atoms with Gasteiger partial charge in [-0.2, -0.15) is 0 Å². The number of rotatable bonds is 5. The van der Waals surface area contributed by atoms with Crippen LogP contribution in [-0.4, -0.2) is 61.1 Å². The van der Waals surface area contributed by atoms with E-state index >= 15 is 0 Å². The van der Waals surface area contributed by atoms with Crippen LogP contribution in [-0.2, 0) is 4.79 Å². The van der Waals surface area contributed by atoms with E-state index in [2.05, 4.69) is 20.1 Å².